The van der Waals surface area contributed by atoms with Gasteiger partial charge in [0.15, 0.2) is 0 Å². The Morgan fingerprint density at radius 2 is 1.90 bits per heavy atom. The van der Waals surface area contributed by atoms with Crippen LogP contribution in [0.25, 0.3) is 0 Å². The molecule has 5 heteroatoms. The predicted octanol–water partition coefficient (Wildman–Crippen LogP) is 6.13. The number of hydrogen-bond donors (Lipinski definition) is 0. The number of alkyl halides is 1. The molecule has 0 radical (unpaired) electrons. The van der Waals surface area contributed by atoms with Crippen LogP contribution >= 0.6 is 55.1 Å². The summed E-state index contributed by atoms with van der Waals surface area (Å²) in [5.41, 5.74) is 3.10. The second-order valence-corrected chi connectivity index (χ2v) is 7.25. The molecule has 0 fully saturated rings. The molecule has 0 bridgehead atoms. The maximum Gasteiger partial charge on any atom is 0.127 e. The summed E-state index contributed by atoms with van der Waals surface area (Å²) in [6, 6.07) is 9.72. The van der Waals surface area contributed by atoms with Gasteiger partial charge in [-0.2, -0.15) is 0 Å². The fourth-order valence-corrected chi connectivity index (χ4v) is 4.02. The number of rotatable bonds is 2. The molecule has 0 spiro atoms. The lowest BCUT2D eigenvalue weighted by atomic mass is 10.0. The van der Waals surface area contributed by atoms with E-state index in [1.54, 1.807) is 0 Å². The molecule has 1 aliphatic rings. The van der Waals surface area contributed by atoms with Crippen molar-refractivity contribution in [3.8, 4) is 5.75 Å². The fourth-order valence-electron chi connectivity index (χ4n) is 2.36. The van der Waals surface area contributed by atoms with Gasteiger partial charge in [-0.1, -0.05) is 43.5 Å². The Labute approximate surface area is 144 Å². The van der Waals surface area contributed by atoms with Gasteiger partial charge in [0.25, 0.3) is 0 Å². The molecule has 104 valence electrons. The Hall–Kier alpha value is -0.220. The van der Waals surface area contributed by atoms with E-state index < -0.39 is 0 Å². The zero-order valence-electron chi connectivity index (χ0n) is 10.3. The Balaban J connectivity index is 2.11. The van der Waals surface area contributed by atoms with Crippen LogP contribution in [-0.4, -0.2) is 6.61 Å². The summed E-state index contributed by atoms with van der Waals surface area (Å²) in [6.45, 7) is 0.707. The summed E-state index contributed by atoms with van der Waals surface area (Å²) in [4.78, 5) is 0. The van der Waals surface area contributed by atoms with Gasteiger partial charge in [0.1, 0.15) is 5.75 Å². The molecule has 2 aromatic rings. The zero-order chi connectivity index (χ0) is 14.3. The topological polar surface area (TPSA) is 9.23 Å². The van der Waals surface area contributed by atoms with E-state index in [-0.39, 0.29) is 5.38 Å². The molecule has 1 unspecified atom stereocenters. The maximum atomic E-state index is 6.68. The molecular weight excluding hydrogens is 427 g/mol. The summed E-state index contributed by atoms with van der Waals surface area (Å²) in [5.74, 6) is 0.903. The number of hydrogen-bond acceptors (Lipinski definition) is 1. The monoisotopic (exact) mass is 434 g/mol. The van der Waals surface area contributed by atoms with Crippen molar-refractivity contribution in [2.24, 2.45) is 0 Å². The van der Waals surface area contributed by atoms with Gasteiger partial charge in [0, 0.05) is 26.0 Å². The van der Waals surface area contributed by atoms with Gasteiger partial charge >= 0.3 is 0 Å². The van der Waals surface area contributed by atoms with Crippen LogP contribution in [0.15, 0.2) is 39.3 Å². The molecular formula is C15H10Br2Cl2O. The van der Waals surface area contributed by atoms with Crippen molar-refractivity contribution in [2.75, 3.05) is 6.61 Å². The fraction of sp³-hybridized carbons (Fsp3) is 0.200. The predicted molar refractivity (Wildman–Crippen MR) is 90.2 cm³/mol. The van der Waals surface area contributed by atoms with Crippen molar-refractivity contribution in [1.29, 1.82) is 0 Å². The van der Waals surface area contributed by atoms with E-state index in [1.165, 1.54) is 5.56 Å². The van der Waals surface area contributed by atoms with Gasteiger partial charge in [-0.15, -0.1) is 11.6 Å². The first-order valence-corrected chi connectivity index (χ1v) is 8.50. The highest BCUT2D eigenvalue weighted by molar-refractivity contribution is 9.10. The Bertz CT molecular complexity index is 673. The van der Waals surface area contributed by atoms with Gasteiger partial charge < -0.3 is 4.74 Å². The molecule has 0 aliphatic carbocycles. The minimum Gasteiger partial charge on any atom is -0.493 e. The van der Waals surface area contributed by atoms with E-state index in [0.717, 1.165) is 32.2 Å². The summed E-state index contributed by atoms with van der Waals surface area (Å²) >= 11 is 19.8. The minimum atomic E-state index is -0.313. The van der Waals surface area contributed by atoms with E-state index in [1.807, 2.05) is 24.3 Å². The largest absolute Gasteiger partial charge is 0.493 e. The first kappa shape index (κ1) is 14.7. The SMILES string of the molecule is Clc1ccc(Br)c(C(Cl)c2cc(Br)cc3c2OCC3)c1. The third-order valence-corrected chi connectivity index (χ3v) is 5.17. The molecule has 20 heavy (non-hydrogen) atoms. The second kappa shape index (κ2) is 5.88. The summed E-state index contributed by atoms with van der Waals surface area (Å²) < 4.78 is 7.70. The van der Waals surface area contributed by atoms with Crippen molar-refractivity contribution >= 4 is 55.1 Å². The first-order valence-electron chi connectivity index (χ1n) is 6.10. The maximum absolute atomic E-state index is 6.68. The lowest BCUT2D eigenvalue weighted by Crippen LogP contribution is -1.98. The Morgan fingerprint density at radius 1 is 1.10 bits per heavy atom. The van der Waals surface area contributed by atoms with Gasteiger partial charge in [0.2, 0.25) is 0 Å². The summed E-state index contributed by atoms with van der Waals surface area (Å²) in [7, 11) is 0. The van der Waals surface area contributed by atoms with E-state index >= 15 is 0 Å². The molecule has 2 aromatic carbocycles. The number of halogens is 4. The van der Waals surface area contributed by atoms with Gasteiger partial charge in [-0.3, -0.25) is 0 Å². The van der Waals surface area contributed by atoms with Crippen LogP contribution in [0.4, 0.5) is 0 Å². The smallest absolute Gasteiger partial charge is 0.127 e. The molecule has 1 nitrogen and oxygen atoms in total. The van der Waals surface area contributed by atoms with Gasteiger partial charge in [-0.25, -0.2) is 0 Å². The van der Waals surface area contributed by atoms with Crippen molar-refractivity contribution in [3.63, 3.8) is 0 Å². The van der Waals surface area contributed by atoms with Crippen LogP contribution in [0.2, 0.25) is 5.02 Å². The third kappa shape index (κ3) is 2.74. The lowest BCUT2D eigenvalue weighted by molar-refractivity contribution is 0.353. The molecule has 0 aromatic heterocycles. The highest BCUT2D eigenvalue weighted by atomic mass is 79.9. The summed E-state index contributed by atoms with van der Waals surface area (Å²) in [6.07, 6.45) is 0.919. The number of fused-ring (bicyclic) bond motifs is 1. The molecule has 3 rings (SSSR count). The highest BCUT2D eigenvalue weighted by Crippen LogP contribution is 2.43. The Kier molecular flexibility index (Phi) is 4.32. The highest BCUT2D eigenvalue weighted by Gasteiger charge is 2.24. The quantitative estimate of drug-likeness (QED) is 0.514. The van der Waals surface area contributed by atoms with Crippen LogP contribution in [-0.2, 0) is 6.42 Å². The van der Waals surface area contributed by atoms with Crippen molar-refractivity contribution in [3.05, 3.63) is 61.0 Å². The average molecular weight is 437 g/mol. The minimum absolute atomic E-state index is 0.313. The normalized spacial score (nSPS) is 14.8. The molecule has 0 amide bonds. The number of benzene rings is 2. The standard InChI is InChI=1S/C15H10Br2Cl2O/c16-9-5-8-3-4-20-15(8)12(6-9)14(19)11-7-10(18)1-2-13(11)17/h1-2,5-7,14H,3-4H2. The third-order valence-electron chi connectivity index (χ3n) is 3.28. The van der Waals surface area contributed by atoms with Crippen LogP contribution in [0.5, 0.6) is 5.75 Å². The summed E-state index contributed by atoms with van der Waals surface area (Å²) in [5, 5.41) is 0.355. The van der Waals surface area contributed by atoms with Crippen LogP contribution < -0.4 is 4.74 Å². The average Bonchev–Trinajstić information content (AvgIpc) is 2.87. The molecule has 1 heterocycles. The van der Waals surface area contributed by atoms with Crippen LogP contribution in [0.3, 0.4) is 0 Å². The van der Waals surface area contributed by atoms with E-state index in [9.17, 15) is 0 Å². The number of ether oxygens (including phenoxy) is 1. The second-order valence-electron chi connectivity index (χ2n) is 4.61. The van der Waals surface area contributed by atoms with Crippen LogP contribution in [0, 0.1) is 0 Å². The van der Waals surface area contributed by atoms with Crippen LogP contribution in [0.1, 0.15) is 22.1 Å². The molecule has 1 aliphatic heterocycles. The molecule has 0 N–H and O–H groups in total. The van der Waals surface area contributed by atoms with Gasteiger partial charge in [-0.05, 0) is 41.5 Å². The van der Waals surface area contributed by atoms with E-state index in [0.29, 0.717) is 11.6 Å². The van der Waals surface area contributed by atoms with Gasteiger partial charge in [0.05, 0.1) is 12.0 Å². The molecule has 0 saturated heterocycles. The Morgan fingerprint density at radius 3 is 2.70 bits per heavy atom. The first-order chi connectivity index (χ1) is 9.56. The van der Waals surface area contributed by atoms with Crippen molar-refractivity contribution in [1.82, 2.24) is 0 Å². The molecule has 0 saturated carbocycles. The molecule has 1 atom stereocenters. The lowest BCUT2D eigenvalue weighted by Gasteiger charge is -2.16. The zero-order valence-corrected chi connectivity index (χ0v) is 15.0. The van der Waals surface area contributed by atoms with E-state index in [2.05, 4.69) is 37.9 Å². The van der Waals surface area contributed by atoms with Crippen molar-refractivity contribution < 1.29 is 4.74 Å². The van der Waals surface area contributed by atoms with Crippen molar-refractivity contribution in [2.45, 2.75) is 11.8 Å². The van der Waals surface area contributed by atoms with E-state index in [4.69, 9.17) is 27.9 Å².